The molecule has 10 heteroatoms. The maximum Gasteiger partial charge on any atom is 0.472 e. The first-order chi connectivity index (χ1) is 19.7. The molecule has 5 aromatic rings. The number of alkyl halides is 3. The van der Waals surface area contributed by atoms with Crippen molar-refractivity contribution < 1.29 is 36.4 Å². The number of rotatable bonds is 5. The third-order valence-corrected chi connectivity index (χ3v) is 6.83. The van der Waals surface area contributed by atoms with E-state index in [2.05, 4.69) is 5.32 Å². The van der Waals surface area contributed by atoms with E-state index in [9.17, 15) is 31.9 Å². The maximum absolute atomic E-state index is 13.7. The minimum Gasteiger partial charge on any atom is -0.454 e. The van der Waals surface area contributed by atoms with Crippen molar-refractivity contribution in [3.8, 4) is 22.5 Å². The fraction of sp³-hybridized carbons (Fsp3) is 0.219. The topological polar surface area (TPSA) is 81.3 Å². The lowest BCUT2D eigenvalue weighted by molar-refractivity contribution is -0.0942. The highest BCUT2D eigenvalue weighted by Crippen LogP contribution is 2.43. The average molecular weight is 579 g/mol. The predicted octanol–water partition coefficient (Wildman–Crippen LogP) is 8.04. The van der Waals surface area contributed by atoms with Crippen molar-refractivity contribution in [1.82, 2.24) is 9.88 Å². The molecule has 0 spiro atoms. The summed E-state index contributed by atoms with van der Waals surface area (Å²) in [5.74, 6) is -3.25. The van der Waals surface area contributed by atoms with Crippen LogP contribution in [0.15, 0.2) is 71.3 Å². The number of halogens is 4. The number of ketones is 1. The second kappa shape index (κ2) is 10.3. The van der Waals surface area contributed by atoms with Crippen LogP contribution in [0, 0.1) is 11.2 Å². The second-order valence-corrected chi connectivity index (χ2v) is 11.2. The lowest BCUT2D eigenvalue weighted by Gasteiger charge is -2.17. The molecule has 42 heavy (non-hydrogen) atoms. The summed E-state index contributed by atoms with van der Waals surface area (Å²) in [5.41, 5.74) is 1.00. The molecule has 2 aromatic heterocycles. The van der Waals surface area contributed by atoms with Gasteiger partial charge in [-0.3, -0.25) is 19.0 Å². The number of hydrogen-bond acceptors (Lipinski definition) is 4. The minimum absolute atomic E-state index is 0.0698. The van der Waals surface area contributed by atoms with E-state index < -0.39 is 23.8 Å². The van der Waals surface area contributed by atoms with Crippen LogP contribution in [0.5, 0.6) is 0 Å². The molecule has 0 unspecified atom stereocenters. The molecule has 0 aliphatic heterocycles. The van der Waals surface area contributed by atoms with Crippen LogP contribution in [-0.2, 0) is 0 Å². The molecule has 1 N–H and O–H groups in total. The first-order valence-corrected chi connectivity index (χ1v) is 13.0. The molecule has 5 rings (SSSR count). The highest BCUT2D eigenvalue weighted by molar-refractivity contribution is 6.20. The number of fused-ring (bicyclic) bond motifs is 3. The van der Waals surface area contributed by atoms with Crippen LogP contribution in [0.1, 0.15) is 52.7 Å². The van der Waals surface area contributed by atoms with E-state index in [1.165, 1.54) is 43.4 Å². The van der Waals surface area contributed by atoms with E-state index in [0.717, 1.165) is 6.20 Å². The molecule has 0 aliphatic carbocycles. The fourth-order valence-electron chi connectivity index (χ4n) is 5.01. The van der Waals surface area contributed by atoms with Gasteiger partial charge in [-0.05, 0) is 53.4 Å². The summed E-state index contributed by atoms with van der Waals surface area (Å²) in [6, 6.07) is 14.4. The lowest BCUT2D eigenvalue weighted by Crippen LogP contribution is -2.28. The number of aromatic nitrogens is 1. The van der Waals surface area contributed by atoms with E-state index in [1.807, 2.05) is 20.8 Å². The molecule has 2 heterocycles. The molecule has 216 valence electrons. The molecule has 0 fully saturated rings. The number of nitrogens with zero attached hydrogens (tertiary/aromatic N) is 1. The Morgan fingerprint density at radius 2 is 1.60 bits per heavy atom. The van der Waals surface area contributed by atoms with Gasteiger partial charge in [0.25, 0.3) is 5.91 Å². The summed E-state index contributed by atoms with van der Waals surface area (Å²) < 4.78 is 61.3. The van der Waals surface area contributed by atoms with Gasteiger partial charge >= 0.3 is 12.1 Å². The quantitative estimate of drug-likeness (QED) is 0.169. The van der Waals surface area contributed by atoms with Crippen molar-refractivity contribution in [2.75, 3.05) is 7.05 Å². The van der Waals surface area contributed by atoms with E-state index >= 15 is 0 Å². The minimum atomic E-state index is -5.18. The van der Waals surface area contributed by atoms with E-state index in [4.69, 9.17) is 4.42 Å². The summed E-state index contributed by atoms with van der Waals surface area (Å²) >= 11 is 0. The van der Waals surface area contributed by atoms with Crippen LogP contribution < -0.4 is 5.32 Å². The zero-order chi connectivity index (χ0) is 30.6. The first kappa shape index (κ1) is 28.8. The summed E-state index contributed by atoms with van der Waals surface area (Å²) in [4.78, 5) is 38.7. The molecule has 0 bridgehead atoms. The van der Waals surface area contributed by atoms with Crippen LogP contribution in [0.3, 0.4) is 0 Å². The Morgan fingerprint density at radius 1 is 0.905 bits per heavy atom. The summed E-state index contributed by atoms with van der Waals surface area (Å²) in [7, 11) is 1.41. The number of hydrogen-bond donors (Lipinski definition) is 1. The van der Waals surface area contributed by atoms with Gasteiger partial charge in [-0.2, -0.15) is 13.2 Å². The Labute approximate surface area is 237 Å². The van der Waals surface area contributed by atoms with Crippen molar-refractivity contribution >= 4 is 39.5 Å². The Bertz CT molecular complexity index is 1870. The molecule has 0 radical (unpaired) electrons. The number of Topliss-reactive ketones (excluding diaryl/α,β-unsaturated/α-hetero) is 1. The van der Waals surface area contributed by atoms with Gasteiger partial charge in [0.15, 0.2) is 5.78 Å². The van der Waals surface area contributed by atoms with Gasteiger partial charge in [-0.1, -0.05) is 39.0 Å². The van der Waals surface area contributed by atoms with Crippen molar-refractivity contribution in [3.63, 3.8) is 0 Å². The van der Waals surface area contributed by atoms with Crippen LogP contribution in [0.25, 0.3) is 44.3 Å². The predicted molar refractivity (Wildman–Crippen MR) is 151 cm³/mol. The Balaban J connectivity index is 1.86. The Hall–Kier alpha value is -4.73. The average Bonchev–Trinajstić information content (AvgIpc) is 3.53. The number of amides is 1. The molecule has 0 atom stereocenters. The number of nitrogens with one attached hydrogen (secondary N) is 1. The van der Waals surface area contributed by atoms with Crippen molar-refractivity contribution in [3.05, 3.63) is 83.8 Å². The molecular weight excluding hydrogens is 552 g/mol. The smallest absolute Gasteiger partial charge is 0.454 e. The molecule has 0 saturated heterocycles. The van der Waals surface area contributed by atoms with Crippen molar-refractivity contribution in [1.29, 1.82) is 0 Å². The third-order valence-electron chi connectivity index (χ3n) is 6.83. The summed E-state index contributed by atoms with van der Waals surface area (Å²) in [6.07, 6.45) is -3.95. The molecule has 1 amide bonds. The third kappa shape index (κ3) is 5.20. The number of furan rings is 1. The van der Waals surface area contributed by atoms with Crippen molar-refractivity contribution in [2.45, 2.75) is 33.4 Å². The highest BCUT2D eigenvalue weighted by atomic mass is 19.4. The fourth-order valence-corrected chi connectivity index (χ4v) is 5.01. The van der Waals surface area contributed by atoms with Crippen LogP contribution in [0.2, 0.25) is 0 Å². The number of carbonyl (C=O) groups excluding carboxylic acids is 3. The van der Waals surface area contributed by atoms with Gasteiger partial charge < -0.3 is 9.73 Å². The monoisotopic (exact) mass is 578 g/mol. The van der Waals surface area contributed by atoms with Crippen LogP contribution in [-0.4, -0.2) is 35.4 Å². The van der Waals surface area contributed by atoms with Gasteiger partial charge in [0.1, 0.15) is 17.2 Å². The van der Waals surface area contributed by atoms with E-state index in [-0.39, 0.29) is 56.4 Å². The van der Waals surface area contributed by atoms with Gasteiger partial charge in [0.05, 0.1) is 11.1 Å². The van der Waals surface area contributed by atoms with Gasteiger partial charge in [0, 0.05) is 47.1 Å². The molecular formula is C32H26F4N2O4. The van der Waals surface area contributed by atoms with Crippen LogP contribution in [0.4, 0.5) is 17.6 Å². The Morgan fingerprint density at radius 3 is 2.21 bits per heavy atom. The lowest BCUT2D eigenvalue weighted by atomic mass is 9.87. The first-order valence-electron chi connectivity index (χ1n) is 13.0. The zero-order valence-electron chi connectivity index (χ0n) is 23.2. The maximum atomic E-state index is 13.7. The molecule has 3 aromatic carbocycles. The zero-order valence-corrected chi connectivity index (χ0v) is 23.2. The Kier molecular flexibility index (Phi) is 7.04. The standard InChI is InChI=1S/C32H26F4N2O4/c1-31(2,3)16-24(39)19-7-5-6-18(14-19)22-15-23-25(29(40)37-4)27(17-8-10-20(33)11-9-17)42-28(23)21-12-13-38(26(21)22)30(41)32(34,35)36/h5-15H,16H2,1-4H3,(H,37,40). The van der Waals surface area contributed by atoms with Gasteiger partial charge in [-0.25, -0.2) is 4.39 Å². The van der Waals surface area contributed by atoms with Gasteiger partial charge in [-0.15, -0.1) is 0 Å². The molecule has 0 saturated carbocycles. The summed E-state index contributed by atoms with van der Waals surface area (Å²) in [6.45, 7) is 5.75. The van der Waals surface area contributed by atoms with E-state index in [0.29, 0.717) is 21.3 Å². The van der Waals surface area contributed by atoms with Crippen molar-refractivity contribution in [2.24, 2.45) is 5.41 Å². The highest BCUT2D eigenvalue weighted by Gasteiger charge is 2.41. The largest absolute Gasteiger partial charge is 0.472 e. The summed E-state index contributed by atoms with van der Waals surface area (Å²) in [5, 5.41) is 2.96. The number of benzene rings is 3. The molecule has 0 aliphatic rings. The second-order valence-electron chi connectivity index (χ2n) is 11.2. The van der Waals surface area contributed by atoms with Crippen LogP contribution >= 0.6 is 0 Å². The van der Waals surface area contributed by atoms with E-state index in [1.54, 1.807) is 24.3 Å². The normalized spacial score (nSPS) is 12.2. The number of carbonyl (C=O) groups is 3. The van der Waals surface area contributed by atoms with Gasteiger partial charge in [0.2, 0.25) is 0 Å². The SMILES string of the molecule is CNC(=O)c1c(-c2ccc(F)cc2)oc2c1cc(-c1cccc(C(=O)CC(C)(C)C)c1)c1c2ccn1C(=O)C(F)(F)F. The molecule has 6 nitrogen and oxygen atoms in total.